The minimum atomic E-state index is -0.290. The zero-order valence-corrected chi connectivity index (χ0v) is 11.0. The SMILES string of the molecule is [C]1=CC=CC1=[Si](C1CCCC1)C1CCCC1. The van der Waals surface area contributed by atoms with E-state index in [0.717, 1.165) is 11.1 Å². The lowest BCUT2D eigenvalue weighted by molar-refractivity contribution is 0.791. The van der Waals surface area contributed by atoms with Gasteiger partial charge < -0.3 is 0 Å². The lowest BCUT2D eigenvalue weighted by Crippen LogP contribution is -2.22. The first kappa shape index (κ1) is 10.7. The summed E-state index contributed by atoms with van der Waals surface area (Å²) in [6.07, 6.45) is 22.3. The third kappa shape index (κ3) is 2.02. The first-order chi connectivity index (χ1) is 7.95. The maximum Gasteiger partial charge on any atom is 0.0266 e. The van der Waals surface area contributed by atoms with E-state index in [2.05, 4.69) is 24.3 Å². The highest BCUT2D eigenvalue weighted by atomic mass is 28.2. The second-order valence-electron chi connectivity index (χ2n) is 5.50. The summed E-state index contributed by atoms with van der Waals surface area (Å²) in [6.45, 7) is 0. The Hall–Kier alpha value is -0.433. The zero-order chi connectivity index (χ0) is 10.8. The highest BCUT2D eigenvalue weighted by molar-refractivity contribution is 6.76. The fourth-order valence-electron chi connectivity index (χ4n) is 3.76. The molecule has 1 radical (unpaired) electrons. The van der Waals surface area contributed by atoms with Gasteiger partial charge in [-0.2, -0.15) is 0 Å². The Balaban J connectivity index is 1.90. The van der Waals surface area contributed by atoms with E-state index in [1.165, 1.54) is 51.4 Å². The Morgan fingerprint density at radius 1 is 0.938 bits per heavy atom. The van der Waals surface area contributed by atoms with Crippen LogP contribution in [-0.4, -0.2) is 13.6 Å². The van der Waals surface area contributed by atoms with Crippen LogP contribution in [0.5, 0.6) is 0 Å². The lowest BCUT2D eigenvalue weighted by Gasteiger charge is -2.21. The average Bonchev–Trinajstić information content (AvgIpc) is 3.02. The van der Waals surface area contributed by atoms with Gasteiger partial charge in [-0.1, -0.05) is 43.9 Å². The maximum absolute atomic E-state index is 3.54. The molecule has 0 aromatic carbocycles. The molecule has 0 spiro atoms. The molecule has 0 aliphatic heterocycles. The molecule has 0 saturated heterocycles. The number of rotatable bonds is 2. The molecule has 3 rings (SSSR count). The van der Waals surface area contributed by atoms with E-state index in [0.29, 0.717) is 0 Å². The van der Waals surface area contributed by atoms with Crippen LogP contribution in [0.25, 0.3) is 0 Å². The van der Waals surface area contributed by atoms with Crippen LogP contribution >= 0.6 is 0 Å². The summed E-state index contributed by atoms with van der Waals surface area (Å²) >= 11 is 0. The van der Waals surface area contributed by atoms with Crippen molar-refractivity contribution >= 4 is 13.6 Å². The van der Waals surface area contributed by atoms with Crippen molar-refractivity contribution in [2.75, 3.05) is 0 Å². The Labute approximate surface area is 101 Å². The molecule has 0 heterocycles. The minimum absolute atomic E-state index is 0.290. The summed E-state index contributed by atoms with van der Waals surface area (Å²) in [7, 11) is -0.290. The van der Waals surface area contributed by atoms with Gasteiger partial charge in [0.1, 0.15) is 0 Å². The van der Waals surface area contributed by atoms with Crippen LogP contribution in [0.3, 0.4) is 0 Å². The largest absolute Gasteiger partial charge is 0.0614 e. The molecule has 0 atom stereocenters. The Morgan fingerprint density at radius 3 is 1.94 bits per heavy atom. The smallest absolute Gasteiger partial charge is 0.0266 e. The molecule has 0 N–H and O–H groups in total. The van der Waals surface area contributed by atoms with Crippen molar-refractivity contribution in [3.8, 4) is 0 Å². The number of hydrogen-bond acceptors (Lipinski definition) is 0. The monoisotopic (exact) mass is 229 g/mol. The van der Waals surface area contributed by atoms with Gasteiger partial charge in [0.25, 0.3) is 0 Å². The van der Waals surface area contributed by atoms with Gasteiger partial charge in [-0.3, -0.25) is 0 Å². The van der Waals surface area contributed by atoms with Crippen LogP contribution in [0.1, 0.15) is 51.4 Å². The minimum Gasteiger partial charge on any atom is -0.0614 e. The Kier molecular flexibility index (Phi) is 3.23. The predicted octanol–water partition coefficient (Wildman–Crippen LogP) is 4.05. The van der Waals surface area contributed by atoms with Crippen molar-refractivity contribution in [1.82, 2.24) is 0 Å². The molecular weight excluding hydrogens is 208 g/mol. The van der Waals surface area contributed by atoms with Crippen molar-refractivity contribution in [2.45, 2.75) is 62.4 Å². The molecule has 2 fully saturated rings. The predicted molar refractivity (Wildman–Crippen MR) is 72.2 cm³/mol. The zero-order valence-electron chi connectivity index (χ0n) is 10.0. The molecule has 2 saturated carbocycles. The van der Waals surface area contributed by atoms with E-state index in [1.807, 2.05) is 0 Å². The Bertz CT molecular complexity index is 304. The van der Waals surface area contributed by atoms with Crippen LogP contribution in [0.2, 0.25) is 11.1 Å². The van der Waals surface area contributed by atoms with Crippen molar-refractivity contribution < 1.29 is 0 Å². The van der Waals surface area contributed by atoms with Gasteiger partial charge in [-0.05, 0) is 48.0 Å². The van der Waals surface area contributed by atoms with E-state index in [9.17, 15) is 0 Å². The molecule has 16 heavy (non-hydrogen) atoms. The van der Waals surface area contributed by atoms with Gasteiger partial charge in [0.15, 0.2) is 0 Å². The van der Waals surface area contributed by atoms with E-state index in [4.69, 9.17) is 0 Å². The second-order valence-corrected chi connectivity index (χ2v) is 8.58. The van der Waals surface area contributed by atoms with Crippen LogP contribution in [-0.2, 0) is 0 Å². The normalized spacial score (nSPS) is 26.1. The van der Waals surface area contributed by atoms with Crippen LogP contribution in [0, 0.1) is 6.08 Å². The maximum atomic E-state index is 3.54. The van der Waals surface area contributed by atoms with Gasteiger partial charge in [0, 0.05) is 8.41 Å². The van der Waals surface area contributed by atoms with Crippen molar-refractivity contribution in [1.29, 1.82) is 0 Å². The van der Waals surface area contributed by atoms with Crippen molar-refractivity contribution in [3.05, 3.63) is 24.3 Å². The van der Waals surface area contributed by atoms with Crippen LogP contribution in [0.15, 0.2) is 18.2 Å². The summed E-state index contributed by atoms with van der Waals surface area (Å²) < 4.78 is 0. The molecule has 3 aliphatic carbocycles. The average molecular weight is 229 g/mol. The quantitative estimate of drug-likeness (QED) is 0.627. The topological polar surface area (TPSA) is 0 Å². The van der Waals surface area contributed by atoms with Gasteiger partial charge in [-0.15, -0.1) is 0 Å². The summed E-state index contributed by atoms with van der Waals surface area (Å²) in [6, 6.07) is 0. The van der Waals surface area contributed by atoms with E-state index < -0.39 is 0 Å². The molecule has 0 amide bonds. The fourth-order valence-corrected chi connectivity index (χ4v) is 7.90. The fraction of sp³-hybridized carbons (Fsp3) is 0.667. The summed E-state index contributed by atoms with van der Waals surface area (Å²) in [5.74, 6) is 0. The molecule has 0 aromatic rings. The molecule has 0 unspecified atom stereocenters. The first-order valence-corrected chi connectivity index (χ1v) is 8.61. The lowest BCUT2D eigenvalue weighted by atomic mass is 10.3. The molecule has 0 bridgehead atoms. The number of hydrogen-bond donors (Lipinski definition) is 0. The van der Waals surface area contributed by atoms with Crippen molar-refractivity contribution in [3.63, 3.8) is 0 Å². The van der Waals surface area contributed by atoms with Crippen molar-refractivity contribution in [2.24, 2.45) is 0 Å². The molecule has 1 heteroatoms. The molecular formula is C15H21Si. The highest BCUT2D eigenvalue weighted by Gasteiger charge is 2.30. The first-order valence-electron chi connectivity index (χ1n) is 6.95. The number of allylic oxidation sites excluding steroid dienone is 4. The summed E-state index contributed by atoms with van der Waals surface area (Å²) in [5, 5.41) is 1.63. The third-order valence-corrected chi connectivity index (χ3v) is 8.35. The van der Waals surface area contributed by atoms with Gasteiger partial charge in [0.05, 0.1) is 0 Å². The molecule has 0 aromatic heterocycles. The van der Waals surface area contributed by atoms with Crippen LogP contribution in [0.4, 0.5) is 0 Å². The molecule has 3 aliphatic rings. The summed E-state index contributed by atoms with van der Waals surface area (Å²) in [5.41, 5.74) is 2.15. The van der Waals surface area contributed by atoms with E-state index in [1.54, 1.807) is 5.17 Å². The van der Waals surface area contributed by atoms with Crippen LogP contribution < -0.4 is 0 Å². The van der Waals surface area contributed by atoms with Gasteiger partial charge in [-0.25, -0.2) is 0 Å². The standard InChI is InChI=1S/C15H21Si/c1-2-8-13(7-1)16(14-9-3-4-10-14)15-11-5-6-12-15/h1-2,7,14-15H,3-6,9-12H2. The van der Waals surface area contributed by atoms with Gasteiger partial charge >= 0.3 is 0 Å². The molecule has 0 nitrogen and oxygen atoms in total. The summed E-state index contributed by atoms with van der Waals surface area (Å²) in [4.78, 5) is 0. The van der Waals surface area contributed by atoms with Gasteiger partial charge in [0.2, 0.25) is 0 Å². The highest BCUT2D eigenvalue weighted by Crippen LogP contribution is 2.41. The molecule has 85 valence electrons. The Morgan fingerprint density at radius 2 is 1.50 bits per heavy atom. The third-order valence-electron chi connectivity index (χ3n) is 4.50. The van der Waals surface area contributed by atoms with E-state index >= 15 is 0 Å². The second kappa shape index (κ2) is 4.83. The van der Waals surface area contributed by atoms with E-state index in [-0.39, 0.29) is 8.41 Å².